The fraction of sp³-hybridized carbons (Fsp3) is 1.00. The van der Waals surface area contributed by atoms with E-state index in [0.29, 0.717) is 13.1 Å². The van der Waals surface area contributed by atoms with Gasteiger partial charge >= 0.3 is 0 Å². The van der Waals surface area contributed by atoms with Crippen molar-refractivity contribution in [1.29, 1.82) is 0 Å². The Labute approximate surface area is 79.8 Å². The van der Waals surface area contributed by atoms with Crippen molar-refractivity contribution in [2.45, 2.75) is 44.2 Å². The first kappa shape index (κ1) is 10.6. The molecule has 13 heavy (non-hydrogen) atoms. The Balaban J connectivity index is 2.45. The quantitative estimate of drug-likeness (QED) is 0.629. The Bertz CT molecular complexity index is 149. The highest BCUT2D eigenvalue weighted by Crippen LogP contribution is 2.22. The summed E-state index contributed by atoms with van der Waals surface area (Å²) in [5.41, 5.74) is 20.8. The fourth-order valence-electron chi connectivity index (χ4n) is 2.09. The summed E-state index contributed by atoms with van der Waals surface area (Å²) in [4.78, 5) is 0. The van der Waals surface area contributed by atoms with Gasteiger partial charge in [0.05, 0.1) is 0 Å². The number of hydrogen-bond donors (Lipinski definition) is 2. The van der Waals surface area contributed by atoms with Crippen molar-refractivity contribution in [2.75, 3.05) is 13.1 Å². The largest absolute Gasteiger partial charge is 0.506 e. The third kappa shape index (κ3) is 2.74. The summed E-state index contributed by atoms with van der Waals surface area (Å²) in [5.74, 6) is 0. The molecule has 0 amide bonds. The van der Waals surface area contributed by atoms with Crippen LogP contribution in [0.4, 0.5) is 0 Å². The third-order valence-electron chi connectivity index (χ3n) is 2.82. The molecule has 1 aliphatic rings. The molecule has 0 aromatic carbocycles. The molecule has 0 radical (unpaired) electrons. The van der Waals surface area contributed by atoms with Gasteiger partial charge in [0.1, 0.15) is 12.1 Å². The molecule has 0 aromatic rings. The molecule has 1 aliphatic heterocycles. The molecule has 0 aromatic heterocycles. The zero-order valence-electron chi connectivity index (χ0n) is 8.15. The van der Waals surface area contributed by atoms with Gasteiger partial charge in [-0.3, -0.25) is 0 Å². The average molecular weight is 184 g/mol. The number of nitrogens with two attached hydrogens (primary N) is 2. The highest BCUT2D eigenvalue weighted by molar-refractivity contribution is 4.69. The summed E-state index contributed by atoms with van der Waals surface area (Å²) in [5, 5.41) is 0. The second-order valence-electron chi connectivity index (χ2n) is 3.77. The minimum absolute atomic E-state index is 0.260. The fourth-order valence-corrected chi connectivity index (χ4v) is 2.09. The maximum atomic E-state index is 9.81. The maximum Gasteiger partial charge on any atom is 0.142 e. The van der Waals surface area contributed by atoms with E-state index in [0.717, 1.165) is 25.7 Å². The van der Waals surface area contributed by atoms with E-state index in [1.165, 1.54) is 11.1 Å². The Kier molecular flexibility index (Phi) is 4.32. The van der Waals surface area contributed by atoms with Gasteiger partial charge in [0.25, 0.3) is 0 Å². The highest BCUT2D eigenvalue weighted by Gasteiger charge is 2.28. The van der Waals surface area contributed by atoms with Crippen molar-refractivity contribution in [2.24, 2.45) is 11.5 Å². The van der Waals surface area contributed by atoms with E-state index in [-0.39, 0.29) is 12.1 Å². The first-order chi connectivity index (χ1) is 6.29. The first-order valence-electron chi connectivity index (χ1n) is 5.17. The lowest BCUT2D eigenvalue weighted by molar-refractivity contribution is -0.631. The van der Waals surface area contributed by atoms with Crippen LogP contribution in [0.5, 0.6) is 0 Å². The molecule has 4 heteroatoms. The lowest BCUT2D eigenvalue weighted by Gasteiger charge is -2.30. The molecule has 1 fully saturated rings. The molecule has 1 saturated heterocycles. The van der Waals surface area contributed by atoms with E-state index in [9.17, 15) is 5.53 Å². The normalized spacial score (nSPS) is 29.2. The van der Waals surface area contributed by atoms with Crippen LogP contribution in [0, 0.1) is 0 Å². The Morgan fingerprint density at radius 1 is 1.08 bits per heavy atom. The van der Waals surface area contributed by atoms with Crippen LogP contribution in [0.15, 0.2) is 0 Å². The van der Waals surface area contributed by atoms with Gasteiger partial charge in [-0.15, -0.1) is 0 Å². The highest BCUT2D eigenvalue weighted by atomic mass is 15.2. The van der Waals surface area contributed by atoms with Gasteiger partial charge in [-0.25, -0.2) is 0 Å². The van der Waals surface area contributed by atoms with E-state index in [1.54, 1.807) is 0 Å². The molecule has 1 rings (SSSR count). The van der Waals surface area contributed by atoms with Crippen LogP contribution in [0.25, 0.3) is 5.53 Å². The van der Waals surface area contributed by atoms with Crippen molar-refractivity contribution >= 4 is 0 Å². The van der Waals surface area contributed by atoms with Gasteiger partial charge in [0.15, 0.2) is 0 Å². The van der Waals surface area contributed by atoms with E-state index in [4.69, 9.17) is 11.5 Å². The summed E-state index contributed by atoms with van der Waals surface area (Å²) < 4.78 is 1.49. The van der Waals surface area contributed by atoms with Crippen LogP contribution >= 0.6 is 0 Å². The Morgan fingerprint density at radius 2 is 1.54 bits per heavy atom. The van der Waals surface area contributed by atoms with E-state index >= 15 is 0 Å². The van der Waals surface area contributed by atoms with Gasteiger partial charge < -0.3 is 21.7 Å². The van der Waals surface area contributed by atoms with Gasteiger partial charge in [-0.2, -0.15) is 0 Å². The average Bonchev–Trinajstić information content (AvgIpc) is 2.13. The summed E-state index contributed by atoms with van der Waals surface area (Å²) in [7, 11) is 0. The number of hydrogen-bond acceptors (Lipinski definition) is 2. The smallest absolute Gasteiger partial charge is 0.142 e. The van der Waals surface area contributed by atoms with E-state index in [1.807, 2.05) is 0 Å². The maximum absolute atomic E-state index is 9.81. The zero-order valence-corrected chi connectivity index (χ0v) is 8.15. The monoisotopic (exact) mass is 184 g/mol. The summed E-state index contributed by atoms with van der Waals surface area (Å²) in [6.07, 6.45) is 5.09. The zero-order chi connectivity index (χ0) is 9.68. The molecule has 4 nitrogen and oxygen atoms in total. The van der Waals surface area contributed by atoms with Crippen molar-refractivity contribution in [3.05, 3.63) is 5.53 Å². The third-order valence-corrected chi connectivity index (χ3v) is 2.82. The van der Waals surface area contributed by atoms with Gasteiger partial charge in [-0.1, -0.05) is 0 Å². The molecule has 4 N–H and O–H groups in total. The summed E-state index contributed by atoms with van der Waals surface area (Å²) in [6, 6.07) is 0.519. The minimum Gasteiger partial charge on any atom is -0.506 e. The van der Waals surface area contributed by atoms with Crippen molar-refractivity contribution in [3.63, 3.8) is 0 Å². The molecule has 0 bridgehead atoms. The second kappa shape index (κ2) is 5.29. The molecular formula is C9H20N4. The van der Waals surface area contributed by atoms with Gasteiger partial charge in [0.2, 0.25) is 0 Å². The number of rotatable bonds is 4. The molecule has 2 unspecified atom stereocenters. The number of nitrogens with zero attached hydrogens (tertiary/aromatic N) is 2. The van der Waals surface area contributed by atoms with Crippen LogP contribution in [-0.4, -0.2) is 29.9 Å². The van der Waals surface area contributed by atoms with E-state index in [2.05, 4.69) is 0 Å². The predicted octanol–water partition coefficient (Wildman–Crippen LogP) is 0.639. The molecule has 0 spiro atoms. The van der Waals surface area contributed by atoms with Crippen molar-refractivity contribution < 1.29 is 4.70 Å². The first-order valence-corrected chi connectivity index (χ1v) is 5.17. The molecule has 1 heterocycles. The lowest BCUT2D eigenvalue weighted by atomic mass is 9.94. The lowest BCUT2D eigenvalue weighted by Crippen LogP contribution is -2.39. The molecule has 76 valence electrons. The van der Waals surface area contributed by atoms with Gasteiger partial charge in [0, 0.05) is 25.7 Å². The van der Waals surface area contributed by atoms with Crippen LogP contribution < -0.4 is 11.5 Å². The molecule has 0 saturated carbocycles. The van der Waals surface area contributed by atoms with Crippen LogP contribution in [0.2, 0.25) is 0 Å². The van der Waals surface area contributed by atoms with Crippen LogP contribution in [0.1, 0.15) is 32.1 Å². The molecular weight excluding hydrogens is 164 g/mol. The summed E-state index contributed by atoms with van der Waals surface area (Å²) >= 11 is 0. The molecule has 0 aliphatic carbocycles. The van der Waals surface area contributed by atoms with Crippen LogP contribution in [0.3, 0.4) is 0 Å². The molecule has 2 atom stereocenters. The Hall–Kier alpha value is -0.480. The van der Waals surface area contributed by atoms with Crippen LogP contribution in [-0.2, 0) is 0 Å². The Morgan fingerprint density at radius 3 is 1.92 bits per heavy atom. The standard InChI is InChI=1S/C9H20N4/c10-6-4-8-2-1-3-9(5-7-11)13(8)12/h8-9H,1-7,10-11H2. The number of piperidine rings is 1. The summed E-state index contributed by atoms with van der Waals surface area (Å²) in [6.45, 7) is 1.30. The second-order valence-corrected chi connectivity index (χ2v) is 3.77. The van der Waals surface area contributed by atoms with E-state index < -0.39 is 0 Å². The predicted molar refractivity (Wildman–Crippen MR) is 52.4 cm³/mol. The topological polar surface area (TPSA) is 77.3 Å². The van der Waals surface area contributed by atoms with Crippen molar-refractivity contribution in [1.82, 2.24) is 0 Å². The van der Waals surface area contributed by atoms with Crippen molar-refractivity contribution in [3.8, 4) is 0 Å². The SMILES string of the molecule is [N-]=[N+]1C(CCN)CCCC1CCN. The minimum atomic E-state index is 0.260. The van der Waals surface area contributed by atoms with Gasteiger partial charge in [-0.05, 0) is 19.5 Å².